The average molecular weight is 2010 g/mol. The van der Waals surface area contributed by atoms with Crippen molar-refractivity contribution < 1.29 is 108 Å². The number of ether oxygens (including phenoxy) is 12. The molecule has 750 valence electrons. The van der Waals surface area contributed by atoms with Crippen LogP contribution in [0.3, 0.4) is 0 Å². The molecule has 138 heavy (non-hydrogen) atoms. The van der Waals surface area contributed by atoms with Gasteiger partial charge in [-0.3, -0.25) is 8.98 Å². The maximum atomic E-state index is 13.4. The number of alkyl carbamates (subject to hydrolysis) is 2. The second-order valence-electron chi connectivity index (χ2n) is 35.6. The zero-order valence-electron chi connectivity index (χ0n) is 81.4. The topological polar surface area (TPSA) is 343 Å². The fourth-order valence-electron chi connectivity index (χ4n) is 15.5. The van der Waals surface area contributed by atoms with Crippen molar-refractivity contribution in [3.8, 4) is 44.5 Å². The van der Waals surface area contributed by atoms with Gasteiger partial charge in [0.2, 0.25) is 0 Å². The van der Waals surface area contributed by atoms with E-state index in [4.69, 9.17) is 89.0 Å². The molecule has 0 bridgehead atoms. The molecule has 7 atom stereocenters. The van der Waals surface area contributed by atoms with Crippen LogP contribution in [0, 0.1) is 0 Å². The van der Waals surface area contributed by atoms with Crippen molar-refractivity contribution in [1.82, 2.24) is 35.0 Å². The van der Waals surface area contributed by atoms with Gasteiger partial charge in [0, 0.05) is 93.7 Å². The molecule has 0 saturated carbocycles. The van der Waals surface area contributed by atoms with E-state index in [1.807, 2.05) is 165 Å². The summed E-state index contributed by atoms with van der Waals surface area (Å²) in [5.74, 6) is -0.192. The van der Waals surface area contributed by atoms with Crippen LogP contribution in [-0.4, -0.2) is 256 Å². The minimum absolute atomic E-state index is 0.00255. The van der Waals surface area contributed by atoms with Crippen molar-refractivity contribution >= 4 is 99.1 Å². The third kappa shape index (κ3) is 33.0. The second kappa shape index (κ2) is 53.4. The van der Waals surface area contributed by atoms with Crippen molar-refractivity contribution in [2.45, 2.75) is 175 Å². The predicted octanol–water partition coefficient (Wildman–Crippen LogP) is 19.5. The van der Waals surface area contributed by atoms with Crippen LogP contribution in [0.25, 0.3) is 44.5 Å². The first kappa shape index (κ1) is 111. The molecule has 4 N–H and O–H groups in total. The van der Waals surface area contributed by atoms with Crippen LogP contribution >= 0.6 is 46.4 Å². The summed E-state index contributed by atoms with van der Waals surface area (Å²) in [6, 6.07) is 55.2. The van der Waals surface area contributed by atoms with Gasteiger partial charge in [0.25, 0.3) is 0 Å². The number of aryl methyl sites for hydroxylation is 4. The van der Waals surface area contributed by atoms with Crippen LogP contribution in [0.4, 0.5) is 28.8 Å². The Balaban J connectivity index is 0.000000199. The first-order chi connectivity index (χ1) is 65.7. The maximum Gasteiger partial charge on any atom is 0.425 e. The minimum atomic E-state index is -3.84. The number of benzene rings is 8. The fourth-order valence-corrected chi connectivity index (χ4v) is 17.7. The van der Waals surface area contributed by atoms with E-state index in [0.29, 0.717) is 100 Å². The summed E-state index contributed by atoms with van der Waals surface area (Å²) in [4.78, 5) is 89.4. The summed E-state index contributed by atoms with van der Waals surface area (Å²) in [6.45, 7) is 31.0. The number of morpholine rings is 4. The van der Waals surface area contributed by atoms with Gasteiger partial charge < -0.3 is 92.6 Å². The zero-order valence-corrected chi connectivity index (χ0v) is 85.2. The molecule has 30 nitrogen and oxygen atoms in total. The average Bonchev–Trinajstić information content (AvgIpc) is 1.25. The van der Waals surface area contributed by atoms with Crippen LogP contribution < -0.4 is 16.0 Å². The molecule has 0 unspecified atom stereocenters. The lowest BCUT2D eigenvalue weighted by molar-refractivity contribution is -0.112. The smallest absolute Gasteiger partial charge is 0.425 e. The Morgan fingerprint density at radius 2 is 0.797 bits per heavy atom. The number of hydrogen-bond acceptors (Lipinski definition) is 24. The van der Waals surface area contributed by atoms with Crippen LogP contribution in [-0.2, 0) is 97.0 Å². The highest BCUT2D eigenvalue weighted by Crippen LogP contribution is 2.43. The Labute approximate surface area is 830 Å². The van der Waals surface area contributed by atoms with Gasteiger partial charge in [0.15, 0.2) is 5.78 Å². The number of ketones is 1. The molecule has 5 aliphatic heterocycles. The van der Waals surface area contributed by atoms with Crippen molar-refractivity contribution in [1.29, 1.82) is 0 Å². The van der Waals surface area contributed by atoms with Crippen LogP contribution in [0.5, 0.6) is 0 Å². The van der Waals surface area contributed by atoms with E-state index < -0.39 is 94.2 Å². The Hall–Kier alpha value is -10.2. The summed E-state index contributed by atoms with van der Waals surface area (Å²) >= 11 is 26.5. The molecule has 5 heterocycles. The highest BCUT2D eigenvalue weighted by molar-refractivity contribution is 7.85. The van der Waals surface area contributed by atoms with Crippen LogP contribution in [0.2, 0.25) is 20.1 Å². The molecule has 0 aromatic heterocycles. The number of amides is 6. The van der Waals surface area contributed by atoms with E-state index in [1.54, 1.807) is 28.0 Å². The molecule has 13 rings (SSSR count). The summed E-state index contributed by atoms with van der Waals surface area (Å²) in [5, 5.41) is 22.2. The molecule has 5 saturated heterocycles. The summed E-state index contributed by atoms with van der Waals surface area (Å²) in [6.07, 6.45) is -3.35. The first-order valence-corrected chi connectivity index (χ1v) is 49.1. The van der Waals surface area contributed by atoms with Crippen molar-refractivity contribution in [3.05, 3.63) is 234 Å². The SMILES string of the molecule is CCc1cccc(-c2c(Cl)cccc2C(=O)[C@H]2CN(C(=O)OC(C)(C)C)CCO2)c1.CCc1cccc(-c2c(Cl)cccc2[C@H](O)[C@H]2CN(C(=O)OC(C)(C)C)CCO2)c1.CCc1cccc(-c2c(Cl)cccc2[C@H](OCCNC(=O)OC)[C@H]2CN(C(=O)OC(C)(C)C)CCO2)c1.CCc1cccc(-c2c(Cl)cccc2[C@H](OCCNC(=O)OC)[C@H]2CNCCO2)c1.COC(=O)N1CCOS1(=O)=O. The van der Waals surface area contributed by atoms with Gasteiger partial charge in [-0.15, -0.1) is 0 Å². The highest BCUT2D eigenvalue weighted by atomic mass is 35.5. The number of halogens is 4. The van der Waals surface area contributed by atoms with E-state index in [2.05, 4.69) is 111 Å². The van der Waals surface area contributed by atoms with Crippen molar-refractivity contribution in [2.24, 2.45) is 0 Å². The number of nitrogens with one attached hydrogen (secondary N) is 3. The number of methoxy groups -OCH3 is 3. The number of rotatable bonds is 24. The number of aliphatic hydroxyl groups is 1. The summed E-state index contributed by atoms with van der Waals surface area (Å²) in [7, 11) is -0.0875. The lowest BCUT2D eigenvalue weighted by Gasteiger charge is -2.38. The molecule has 6 amide bonds. The predicted molar refractivity (Wildman–Crippen MR) is 532 cm³/mol. The third-order valence-electron chi connectivity index (χ3n) is 22.2. The minimum Gasteiger partial charge on any atom is -0.453 e. The maximum absolute atomic E-state index is 13.4. The molecule has 0 aliphatic carbocycles. The van der Waals surface area contributed by atoms with Gasteiger partial charge in [-0.1, -0.05) is 220 Å². The normalized spacial score (nSPS) is 17.6. The number of hydrogen-bond donors (Lipinski definition) is 4. The van der Waals surface area contributed by atoms with E-state index in [-0.39, 0.29) is 70.5 Å². The first-order valence-electron chi connectivity index (χ1n) is 46.2. The van der Waals surface area contributed by atoms with Crippen LogP contribution in [0.15, 0.2) is 170 Å². The molecule has 5 fully saturated rings. The number of carbonyl (C=O) groups excluding carboxylic acids is 7. The fraction of sp³-hybridized carbons (Fsp3) is 0.466. The van der Waals surface area contributed by atoms with Crippen LogP contribution in [0.1, 0.15) is 158 Å². The zero-order chi connectivity index (χ0) is 101. The lowest BCUT2D eigenvalue weighted by atomic mass is 9.92. The molecular weight excluding hydrogens is 1880 g/mol. The Bertz CT molecular complexity index is 5500. The number of nitrogens with zero attached hydrogens (tertiary/aromatic N) is 4. The molecule has 0 radical (unpaired) electrons. The summed E-state index contributed by atoms with van der Waals surface area (Å²) < 4.78 is 92.6. The monoisotopic (exact) mass is 2010 g/mol. The molecule has 35 heteroatoms. The number of carbonyl (C=O) groups is 7. The standard InChI is InChI=1S/C28H37ClN2O6.C24H30ClNO4.C24H28ClNO4.C23H29ClN2O4.C4H7NO5S/c1-6-19-9-7-10-20(17-19)24-21(11-8-12-22(24)29)25(36-15-13-30-26(32)34-5)23-18-31(14-16-35-23)27(33)37-28(2,3)4;2*1-5-16-8-6-9-17(14-16)21-18(10-7-11-19(21)25)22(27)20-15-26(12-13-29-20)23(28)30-24(2,3)4;1-3-16-6-4-7-17(14-16)21-18(8-5-9-19(21)24)22(20-15-25-10-12-29-20)30-13-11-26-23(27)28-2;1-9-4(6)5-2-3-10-11(5,7)8/h7-12,17,23,25H,6,13-16,18H2,1-5H3,(H,30,32);6-11,14,20,22,27H,5,12-13,15H2,1-4H3;6-11,14,20H,5,12-13,15H2,1-4H3;4-9,14,20,22,25H,3,10-13,15H2,1-2H3,(H,26,27);2-3H2,1H3/t23-,25+;20-,22+;20-;20-,22+;/m1111./s1. The van der Waals surface area contributed by atoms with Gasteiger partial charge in [0.1, 0.15) is 59.5 Å². The summed E-state index contributed by atoms with van der Waals surface area (Å²) in [5.41, 5.74) is 13.2. The quantitative estimate of drug-likeness (QED) is 0.0248. The Morgan fingerprint density at radius 3 is 1.19 bits per heavy atom. The van der Waals surface area contributed by atoms with Crippen molar-refractivity contribution in [2.75, 3.05) is 140 Å². The number of Topliss-reactive ketones (excluding diaryl/α,β-unsaturated/α-hetero) is 1. The molecule has 8 aromatic carbocycles. The molecule has 8 aromatic rings. The second-order valence-corrected chi connectivity index (χ2v) is 38.8. The highest BCUT2D eigenvalue weighted by Gasteiger charge is 2.40. The Morgan fingerprint density at radius 1 is 0.435 bits per heavy atom. The van der Waals surface area contributed by atoms with E-state index in [9.17, 15) is 47.1 Å². The number of aliphatic hydroxyl groups excluding tert-OH is 1. The lowest BCUT2D eigenvalue weighted by Crippen LogP contribution is -2.50. The van der Waals surface area contributed by atoms with Gasteiger partial charge in [-0.2, -0.15) is 12.7 Å². The van der Waals surface area contributed by atoms with E-state index in [0.717, 1.165) is 95.0 Å². The molecule has 5 aliphatic rings. The molecular formula is C103H131Cl4N7O23S. The van der Waals surface area contributed by atoms with Crippen molar-refractivity contribution in [3.63, 3.8) is 0 Å². The third-order valence-corrected chi connectivity index (χ3v) is 24.8. The Kier molecular flexibility index (Phi) is 43.1. The van der Waals surface area contributed by atoms with Gasteiger partial charge in [0.05, 0.1) is 93.8 Å². The van der Waals surface area contributed by atoms with Gasteiger partial charge in [-0.05, 0) is 173 Å². The van der Waals surface area contributed by atoms with Gasteiger partial charge >= 0.3 is 46.9 Å². The molecule has 0 spiro atoms. The van der Waals surface area contributed by atoms with Gasteiger partial charge in [-0.25, -0.2) is 28.8 Å². The largest absolute Gasteiger partial charge is 0.453 e. The van der Waals surface area contributed by atoms with E-state index >= 15 is 0 Å². The van der Waals surface area contributed by atoms with E-state index in [1.165, 1.54) is 35.8 Å².